The standard InChI is InChI=1S/C11H17N5O/c1-2-15-5-7-16(8-6-15)10-4-3-9(11(12)17)13-14-10/h3-4H,2,5-8H2,1H3,(H2,12,17). The SMILES string of the molecule is CCN1CCN(c2ccc(C(N)=O)nn2)CC1. The fourth-order valence-corrected chi connectivity index (χ4v) is 1.92. The van der Waals surface area contributed by atoms with Crippen LogP contribution in [-0.4, -0.2) is 53.7 Å². The predicted molar refractivity (Wildman–Crippen MR) is 64.9 cm³/mol. The van der Waals surface area contributed by atoms with E-state index in [1.807, 2.05) is 0 Å². The van der Waals surface area contributed by atoms with Gasteiger partial charge in [0.2, 0.25) is 0 Å². The summed E-state index contributed by atoms with van der Waals surface area (Å²) in [5, 5.41) is 7.84. The van der Waals surface area contributed by atoms with E-state index in [2.05, 4.69) is 26.9 Å². The van der Waals surface area contributed by atoms with E-state index < -0.39 is 5.91 Å². The van der Waals surface area contributed by atoms with Gasteiger partial charge in [-0.05, 0) is 18.7 Å². The number of likely N-dealkylation sites (N-methyl/N-ethyl adjacent to an activating group) is 1. The van der Waals surface area contributed by atoms with Gasteiger partial charge in [0.05, 0.1) is 0 Å². The van der Waals surface area contributed by atoms with Crippen LogP contribution in [0.5, 0.6) is 0 Å². The molecule has 1 aliphatic rings. The molecule has 0 radical (unpaired) electrons. The Bertz CT molecular complexity index is 383. The number of nitrogens with two attached hydrogens (primary N) is 1. The first-order valence-corrected chi connectivity index (χ1v) is 5.81. The maximum atomic E-state index is 10.9. The Morgan fingerprint density at radius 1 is 1.29 bits per heavy atom. The van der Waals surface area contributed by atoms with E-state index in [0.717, 1.165) is 38.5 Å². The molecule has 92 valence electrons. The summed E-state index contributed by atoms with van der Waals surface area (Å²) in [7, 11) is 0. The Balaban J connectivity index is 2.01. The minimum atomic E-state index is -0.542. The average Bonchev–Trinajstić information content (AvgIpc) is 2.39. The molecule has 0 bridgehead atoms. The largest absolute Gasteiger partial charge is 0.364 e. The summed E-state index contributed by atoms with van der Waals surface area (Å²) in [5.74, 6) is 0.269. The molecule has 6 heteroatoms. The molecule has 2 rings (SSSR count). The summed E-state index contributed by atoms with van der Waals surface area (Å²) in [4.78, 5) is 15.4. The van der Waals surface area contributed by atoms with Gasteiger partial charge >= 0.3 is 0 Å². The molecule has 1 saturated heterocycles. The smallest absolute Gasteiger partial charge is 0.269 e. The third-order valence-electron chi connectivity index (χ3n) is 3.05. The number of aromatic nitrogens is 2. The van der Waals surface area contributed by atoms with Crippen molar-refractivity contribution < 1.29 is 4.79 Å². The van der Waals surface area contributed by atoms with Crippen molar-refractivity contribution >= 4 is 11.7 Å². The summed E-state index contributed by atoms with van der Waals surface area (Å²) in [6, 6.07) is 3.42. The van der Waals surface area contributed by atoms with Gasteiger partial charge in [-0.15, -0.1) is 10.2 Å². The van der Waals surface area contributed by atoms with Crippen molar-refractivity contribution in [1.82, 2.24) is 15.1 Å². The van der Waals surface area contributed by atoms with Crippen molar-refractivity contribution in [2.24, 2.45) is 5.73 Å². The molecule has 2 N–H and O–H groups in total. The highest BCUT2D eigenvalue weighted by Crippen LogP contribution is 2.12. The molecule has 1 amide bonds. The molecule has 1 aromatic heterocycles. The van der Waals surface area contributed by atoms with Crippen molar-refractivity contribution in [3.63, 3.8) is 0 Å². The lowest BCUT2D eigenvalue weighted by Crippen LogP contribution is -2.46. The fourth-order valence-electron chi connectivity index (χ4n) is 1.92. The van der Waals surface area contributed by atoms with Crippen LogP contribution in [0.2, 0.25) is 0 Å². The van der Waals surface area contributed by atoms with E-state index in [-0.39, 0.29) is 5.69 Å². The van der Waals surface area contributed by atoms with Gasteiger partial charge in [-0.25, -0.2) is 0 Å². The molecule has 0 atom stereocenters. The van der Waals surface area contributed by atoms with Crippen molar-refractivity contribution in [1.29, 1.82) is 0 Å². The van der Waals surface area contributed by atoms with Gasteiger partial charge in [0.15, 0.2) is 11.5 Å². The van der Waals surface area contributed by atoms with Crippen molar-refractivity contribution in [3.8, 4) is 0 Å². The van der Waals surface area contributed by atoms with E-state index in [1.54, 1.807) is 12.1 Å². The average molecular weight is 235 g/mol. The molecule has 6 nitrogen and oxygen atoms in total. The lowest BCUT2D eigenvalue weighted by Gasteiger charge is -2.34. The Kier molecular flexibility index (Phi) is 3.53. The molecule has 0 spiro atoms. The summed E-state index contributed by atoms with van der Waals surface area (Å²) >= 11 is 0. The molecule has 0 unspecified atom stereocenters. The van der Waals surface area contributed by atoms with Gasteiger partial charge in [0.1, 0.15) is 0 Å². The second-order valence-corrected chi connectivity index (χ2v) is 4.06. The van der Waals surface area contributed by atoms with E-state index >= 15 is 0 Å². The van der Waals surface area contributed by atoms with Gasteiger partial charge in [-0.2, -0.15) is 0 Å². The first kappa shape index (κ1) is 11.8. The van der Waals surface area contributed by atoms with Crippen LogP contribution in [-0.2, 0) is 0 Å². The first-order valence-electron chi connectivity index (χ1n) is 5.81. The van der Waals surface area contributed by atoms with Crippen LogP contribution in [0.4, 0.5) is 5.82 Å². The van der Waals surface area contributed by atoms with Crippen LogP contribution in [0.3, 0.4) is 0 Å². The van der Waals surface area contributed by atoms with E-state index in [4.69, 9.17) is 5.73 Å². The Morgan fingerprint density at radius 2 is 2.00 bits per heavy atom. The Morgan fingerprint density at radius 3 is 2.47 bits per heavy atom. The third-order valence-corrected chi connectivity index (χ3v) is 3.05. The van der Waals surface area contributed by atoms with E-state index in [1.165, 1.54) is 0 Å². The normalized spacial score (nSPS) is 17.1. The fraction of sp³-hybridized carbons (Fsp3) is 0.545. The lowest BCUT2D eigenvalue weighted by molar-refractivity contribution is 0.0994. The summed E-state index contributed by atoms with van der Waals surface area (Å²) in [5.41, 5.74) is 5.33. The number of nitrogens with zero attached hydrogens (tertiary/aromatic N) is 4. The topological polar surface area (TPSA) is 75.3 Å². The number of amides is 1. The monoisotopic (exact) mass is 235 g/mol. The van der Waals surface area contributed by atoms with Gasteiger partial charge in [0.25, 0.3) is 5.91 Å². The van der Waals surface area contributed by atoms with Crippen LogP contribution >= 0.6 is 0 Å². The minimum Gasteiger partial charge on any atom is -0.364 e. The molecular formula is C11H17N5O. The first-order chi connectivity index (χ1) is 8.20. The van der Waals surface area contributed by atoms with Crippen molar-refractivity contribution in [2.75, 3.05) is 37.6 Å². The Hall–Kier alpha value is -1.69. The third kappa shape index (κ3) is 2.71. The molecule has 1 fully saturated rings. The zero-order valence-corrected chi connectivity index (χ0v) is 9.96. The number of carbonyl (C=O) groups excluding carboxylic acids is 1. The van der Waals surface area contributed by atoms with Gasteiger partial charge in [-0.3, -0.25) is 4.79 Å². The van der Waals surface area contributed by atoms with Crippen molar-refractivity contribution in [3.05, 3.63) is 17.8 Å². The van der Waals surface area contributed by atoms with E-state index in [0.29, 0.717) is 0 Å². The van der Waals surface area contributed by atoms with Gasteiger partial charge in [-0.1, -0.05) is 6.92 Å². The zero-order chi connectivity index (χ0) is 12.3. The molecular weight excluding hydrogens is 218 g/mol. The molecule has 0 aliphatic carbocycles. The second-order valence-electron chi connectivity index (χ2n) is 4.06. The number of anilines is 1. The number of hydrogen-bond donors (Lipinski definition) is 1. The van der Waals surface area contributed by atoms with Gasteiger partial charge < -0.3 is 15.5 Å². The molecule has 1 aromatic rings. The van der Waals surface area contributed by atoms with Crippen LogP contribution in [0.1, 0.15) is 17.4 Å². The number of rotatable bonds is 3. The lowest BCUT2D eigenvalue weighted by atomic mass is 10.3. The van der Waals surface area contributed by atoms with Crippen LogP contribution < -0.4 is 10.6 Å². The highest BCUT2D eigenvalue weighted by atomic mass is 16.1. The Labute approximate surface area is 100 Å². The molecule has 0 saturated carbocycles. The molecule has 0 aromatic carbocycles. The maximum absolute atomic E-state index is 10.9. The summed E-state index contributed by atoms with van der Waals surface area (Å²) in [6.45, 7) is 7.21. The number of piperazine rings is 1. The quantitative estimate of drug-likeness (QED) is 0.779. The molecule has 1 aliphatic heterocycles. The van der Waals surface area contributed by atoms with Crippen LogP contribution in [0.25, 0.3) is 0 Å². The molecule has 2 heterocycles. The number of hydrogen-bond acceptors (Lipinski definition) is 5. The maximum Gasteiger partial charge on any atom is 0.269 e. The van der Waals surface area contributed by atoms with E-state index in [9.17, 15) is 4.79 Å². The highest BCUT2D eigenvalue weighted by Gasteiger charge is 2.17. The summed E-state index contributed by atoms with van der Waals surface area (Å²) in [6.07, 6.45) is 0. The number of carbonyl (C=O) groups is 1. The zero-order valence-electron chi connectivity index (χ0n) is 9.96. The van der Waals surface area contributed by atoms with Gasteiger partial charge in [0, 0.05) is 26.2 Å². The minimum absolute atomic E-state index is 0.209. The number of primary amides is 1. The van der Waals surface area contributed by atoms with Crippen LogP contribution in [0, 0.1) is 0 Å². The second kappa shape index (κ2) is 5.09. The summed E-state index contributed by atoms with van der Waals surface area (Å²) < 4.78 is 0. The molecule has 17 heavy (non-hydrogen) atoms. The predicted octanol–water partition coefficient (Wildman–Crippen LogP) is -0.283. The highest BCUT2D eigenvalue weighted by molar-refractivity contribution is 5.90. The van der Waals surface area contributed by atoms with Crippen LogP contribution in [0.15, 0.2) is 12.1 Å². The van der Waals surface area contributed by atoms with Crippen molar-refractivity contribution in [2.45, 2.75) is 6.92 Å².